The molecule has 0 bridgehead atoms. The summed E-state index contributed by atoms with van der Waals surface area (Å²) in [6, 6.07) is 0. The highest BCUT2D eigenvalue weighted by Crippen LogP contribution is 2.01. The third-order valence-corrected chi connectivity index (χ3v) is 1.27. The minimum absolute atomic E-state index is 0.0369. The highest BCUT2D eigenvalue weighted by molar-refractivity contribution is 5.78. The lowest BCUT2D eigenvalue weighted by Crippen LogP contribution is -2.16. The number of aliphatic hydroxyl groups is 2. The van der Waals surface area contributed by atoms with E-state index in [2.05, 4.69) is 0 Å². The molecule has 0 aromatic rings. The van der Waals surface area contributed by atoms with E-state index in [0.29, 0.717) is 6.42 Å². The Hall–Kier alpha value is -0.410. The van der Waals surface area contributed by atoms with Crippen LogP contribution in [0.15, 0.2) is 0 Å². The lowest BCUT2D eigenvalue weighted by molar-refractivity contribution is -0.122. The molecule has 0 heterocycles. The average Bonchev–Trinajstić information content (AvgIpc) is 1.82. The van der Waals surface area contributed by atoms with Crippen LogP contribution in [0.25, 0.3) is 0 Å². The van der Waals surface area contributed by atoms with Gasteiger partial charge in [0, 0.05) is 12.5 Å². The van der Waals surface area contributed by atoms with Gasteiger partial charge < -0.3 is 10.2 Å². The summed E-state index contributed by atoms with van der Waals surface area (Å²) < 4.78 is 0. The minimum Gasteiger partial charge on any atom is -0.396 e. The molecule has 1 atom stereocenters. The highest BCUT2D eigenvalue weighted by Gasteiger charge is 2.10. The van der Waals surface area contributed by atoms with Gasteiger partial charge in [-0.3, -0.25) is 4.79 Å². The van der Waals surface area contributed by atoms with Crippen molar-refractivity contribution >= 4 is 5.78 Å². The van der Waals surface area contributed by atoms with Crippen molar-refractivity contribution in [3.05, 3.63) is 0 Å². The molecule has 3 nitrogen and oxygen atoms in total. The van der Waals surface area contributed by atoms with E-state index in [1.54, 1.807) is 0 Å². The highest BCUT2D eigenvalue weighted by atomic mass is 16.3. The van der Waals surface area contributed by atoms with E-state index >= 15 is 0 Å². The molecule has 0 aliphatic heterocycles. The van der Waals surface area contributed by atoms with Gasteiger partial charge in [0.05, 0.1) is 6.61 Å². The predicted molar refractivity (Wildman–Crippen MR) is 33.0 cm³/mol. The molecule has 0 saturated heterocycles. The third-order valence-electron chi connectivity index (χ3n) is 1.27. The Morgan fingerprint density at radius 3 is 2.22 bits per heavy atom. The molecule has 0 aromatic carbocycles. The van der Waals surface area contributed by atoms with Crippen molar-refractivity contribution in [1.29, 1.82) is 0 Å². The van der Waals surface area contributed by atoms with Gasteiger partial charge in [0.2, 0.25) is 0 Å². The Labute approximate surface area is 54.3 Å². The van der Waals surface area contributed by atoms with Crippen molar-refractivity contribution in [3.8, 4) is 0 Å². The van der Waals surface area contributed by atoms with Crippen LogP contribution in [0, 0.1) is 5.92 Å². The number of ketones is 1. The van der Waals surface area contributed by atoms with Crippen LogP contribution in [-0.2, 0) is 4.79 Å². The van der Waals surface area contributed by atoms with Crippen molar-refractivity contribution in [3.63, 3.8) is 0 Å². The Balaban J connectivity index is 3.54. The van der Waals surface area contributed by atoms with Crippen LogP contribution in [0.5, 0.6) is 0 Å². The molecule has 0 saturated carbocycles. The summed E-state index contributed by atoms with van der Waals surface area (Å²) in [4.78, 5) is 10.5. The Bertz CT molecular complexity index is 90.3. The number of carbonyl (C=O) groups is 1. The zero-order valence-corrected chi connectivity index (χ0v) is 5.50. The van der Waals surface area contributed by atoms with Crippen molar-refractivity contribution in [2.24, 2.45) is 5.92 Å². The molecule has 0 radical (unpaired) electrons. The van der Waals surface area contributed by atoms with Crippen LogP contribution >= 0.6 is 0 Å². The molecule has 0 aliphatic rings. The van der Waals surface area contributed by atoms with E-state index in [-0.39, 0.29) is 24.9 Å². The quantitative estimate of drug-likeness (QED) is 0.545. The van der Waals surface area contributed by atoms with Gasteiger partial charge in [-0.05, 0) is 13.3 Å². The number of aliphatic hydroxyl groups excluding tert-OH is 2. The Kier molecular flexibility index (Phi) is 4.26. The summed E-state index contributed by atoms with van der Waals surface area (Å²) in [5.74, 6) is -0.429. The Morgan fingerprint density at radius 2 is 2.11 bits per heavy atom. The number of rotatable bonds is 4. The van der Waals surface area contributed by atoms with E-state index in [1.807, 2.05) is 0 Å². The first-order valence-corrected chi connectivity index (χ1v) is 2.94. The van der Waals surface area contributed by atoms with Crippen molar-refractivity contribution in [2.75, 3.05) is 13.2 Å². The predicted octanol–water partition coefficient (Wildman–Crippen LogP) is -0.434. The largest absolute Gasteiger partial charge is 0.396 e. The maximum atomic E-state index is 10.5. The molecule has 0 spiro atoms. The zero-order chi connectivity index (χ0) is 7.28. The molecule has 2 N–H and O–H groups in total. The van der Waals surface area contributed by atoms with Gasteiger partial charge in [-0.15, -0.1) is 0 Å². The number of Topliss-reactive ketones (excluding diaryl/α,β-unsaturated/α-hetero) is 1. The maximum absolute atomic E-state index is 10.5. The lowest BCUT2D eigenvalue weighted by Gasteiger charge is -2.05. The van der Waals surface area contributed by atoms with E-state index in [4.69, 9.17) is 10.2 Å². The molecule has 9 heavy (non-hydrogen) atoms. The Morgan fingerprint density at radius 1 is 1.56 bits per heavy atom. The summed E-state index contributed by atoms with van der Waals surface area (Å²) in [6.07, 6.45) is 0.367. The molecule has 54 valence electrons. The second-order valence-corrected chi connectivity index (χ2v) is 2.00. The molecule has 0 amide bonds. The topological polar surface area (TPSA) is 57.5 Å². The molecule has 0 aliphatic carbocycles. The monoisotopic (exact) mass is 132 g/mol. The number of carbonyl (C=O) groups excluding carboxylic acids is 1. The summed E-state index contributed by atoms with van der Waals surface area (Å²) in [5.41, 5.74) is 0. The van der Waals surface area contributed by atoms with Crippen LogP contribution < -0.4 is 0 Å². The van der Waals surface area contributed by atoms with Crippen LogP contribution in [0.3, 0.4) is 0 Å². The fraction of sp³-hybridized carbons (Fsp3) is 0.833. The molecule has 0 fully saturated rings. The summed E-state index contributed by atoms with van der Waals surface area (Å²) in [6.45, 7) is 1.22. The molecule has 1 unspecified atom stereocenters. The van der Waals surface area contributed by atoms with Gasteiger partial charge in [-0.25, -0.2) is 0 Å². The molecular weight excluding hydrogens is 120 g/mol. The maximum Gasteiger partial charge on any atom is 0.135 e. The molecular formula is C6H12O3. The van der Waals surface area contributed by atoms with Crippen molar-refractivity contribution in [2.45, 2.75) is 13.3 Å². The van der Waals surface area contributed by atoms with Gasteiger partial charge in [0.1, 0.15) is 5.78 Å². The van der Waals surface area contributed by atoms with E-state index < -0.39 is 0 Å². The van der Waals surface area contributed by atoms with Crippen molar-refractivity contribution in [1.82, 2.24) is 0 Å². The second kappa shape index (κ2) is 4.47. The van der Waals surface area contributed by atoms with Gasteiger partial charge in [0.15, 0.2) is 0 Å². The number of hydrogen-bond donors (Lipinski definition) is 2. The molecule has 3 heteroatoms. The fourth-order valence-electron chi connectivity index (χ4n) is 0.579. The van der Waals surface area contributed by atoms with Gasteiger partial charge in [-0.1, -0.05) is 0 Å². The first kappa shape index (κ1) is 8.59. The normalized spacial score (nSPS) is 13.2. The van der Waals surface area contributed by atoms with Crippen LogP contribution in [0.4, 0.5) is 0 Å². The van der Waals surface area contributed by atoms with Gasteiger partial charge in [-0.2, -0.15) is 0 Å². The second-order valence-electron chi connectivity index (χ2n) is 2.00. The third kappa shape index (κ3) is 3.21. The fourth-order valence-corrected chi connectivity index (χ4v) is 0.579. The average molecular weight is 132 g/mol. The van der Waals surface area contributed by atoms with Crippen molar-refractivity contribution < 1.29 is 15.0 Å². The van der Waals surface area contributed by atoms with Crippen LogP contribution in [0.1, 0.15) is 13.3 Å². The van der Waals surface area contributed by atoms with E-state index in [9.17, 15) is 4.79 Å². The lowest BCUT2D eigenvalue weighted by atomic mass is 10.0. The minimum atomic E-state index is -0.366. The SMILES string of the molecule is CC(=O)C(CO)CCO. The molecule has 0 rings (SSSR count). The smallest absolute Gasteiger partial charge is 0.135 e. The van der Waals surface area contributed by atoms with E-state index in [1.165, 1.54) is 6.92 Å². The summed E-state index contributed by atoms with van der Waals surface area (Å²) in [5, 5.41) is 16.8. The summed E-state index contributed by atoms with van der Waals surface area (Å²) in [7, 11) is 0. The van der Waals surface area contributed by atoms with Crippen LogP contribution in [-0.4, -0.2) is 29.2 Å². The van der Waals surface area contributed by atoms with E-state index in [0.717, 1.165) is 0 Å². The number of hydrogen-bond acceptors (Lipinski definition) is 3. The van der Waals surface area contributed by atoms with Crippen LogP contribution in [0.2, 0.25) is 0 Å². The first-order chi connectivity index (χ1) is 4.22. The zero-order valence-electron chi connectivity index (χ0n) is 5.50. The summed E-state index contributed by atoms with van der Waals surface area (Å²) >= 11 is 0. The van der Waals surface area contributed by atoms with Gasteiger partial charge >= 0.3 is 0 Å². The van der Waals surface area contributed by atoms with Gasteiger partial charge in [0.25, 0.3) is 0 Å². The standard InChI is InChI=1S/C6H12O3/c1-5(9)6(4-8)2-3-7/h6-8H,2-4H2,1H3. The molecule has 0 aromatic heterocycles. The first-order valence-electron chi connectivity index (χ1n) is 2.94.